The number of non-ortho nitro benzene ring substituents is 1. The molecule has 0 atom stereocenters. The minimum absolute atomic E-state index is 0.0407. The first-order chi connectivity index (χ1) is 10.8. The number of sulfonamides is 1. The predicted octanol–water partition coefficient (Wildman–Crippen LogP) is 1.60. The van der Waals surface area contributed by atoms with Crippen LogP contribution in [0.1, 0.15) is 19.8 Å². The number of amides is 1. The molecule has 9 heteroatoms. The van der Waals surface area contributed by atoms with E-state index in [4.69, 9.17) is 0 Å². The maximum Gasteiger partial charge on any atom is 0.269 e. The number of carbonyl (C=O) groups excluding carboxylic acids is 1. The molecule has 0 bridgehead atoms. The average Bonchev–Trinajstić information content (AvgIpc) is 2.55. The summed E-state index contributed by atoms with van der Waals surface area (Å²) in [7, 11) is -3.20. The lowest BCUT2D eigenvalue weighted by molar-refractivity contribution is -0.384. The summed E-state index contributed by atoms with van der Waals surface area (Å²) in [5, 5.41) is 13.3. The van der Waals surface area contributed by atoms with Gasteiger partial charge in [-0.2, -0.15) is 0 Å². The first-order valence-electron chi connectivity index (χ1n) is 7.36. The van der Waals surface area contributed by atoms with Crippen LogP contribution in [-0.4, -0.2) is 42.4 Å². The summed E-state index contributed by atoms with van der Waals surface area (Å²) in [6.45, 7) is 2.28. The number of nitro groups is 1. The number of nitro benzene ring substituents is 1. The van der Waals surface area contributed by atoms with Gasteiger partial charge in [0, 0.05) is 36.8 Å². The van der Waals surface area contributed by atoms with E-state index in [1.165, 1.54) is 28.6 Å². The van der Waals surface area contributed by atoms with E-state index in [0.717, 1.165) is 0 Å². The number of carbonyl (C=O) groups is 1. The van der Waals surface area contributed by atoms with Crippen molar-refractivity contribution in [1.29, 1.82) is 0 Å². The molecule has 1 aliphatic heterocycles. The van der Waals surface area contributed by atoms with Crippen molar-refractivity contribution in [3.8, 4) is 0 Å². The summed E-state index contributed by atoms with van der Waals surface area (Å²) in [6.07, 6.45) is 0.941. The molecule has 1 saturated heterocycles. The molecule has 1 aromatic carbocycles. The van der Waals surface area contributed by atoms with Crippen LogP contribution in [0.2, 0.25) is 0 Å². The van der Waals surface area contributed by atoms with Crippen LogP contribution in [0.5, 0.6) is 0 Å². The van der Waals surface area contributed by atoms with Crippen molar-refractivity contribution in [2.45, 2.75) is 19.8 Å². The minimum atomic E-state index is -3.20. The Morgan fingerprint density at radius 1 is 1.30 bits per heavy atom. The topological polar surface area (TPSA) is 110 Å². The molecule has 0 aromatic heterocycles. The van der Waals surface area contributed by atoms with Crippen LogP contribution in [-0.2, 0) is 14.8 Å². The van der Waals surface area contributed by atoms with E-state index in [2.05, 4.69) is 5.32 Å². The molecule has 0 aliphatic carbocycles. The highest BCUT2D eigenvalue weighted by molar-refractivity contribution is 7.89. The number of piperidine rings is 1. The van der Waals surface area contributed by atoms with E-state index < -0.39 is 14.9 Å². The smallest absolute Gasteiger partial charge is 0.269 e. The Labute approximate surface area is 134 Å². The molecule has 23 heavy (non-hydrogen) atoms. The minimum Gasteiger partial charge on any atom is -0.326 e. The van der Waals surface area contributed by atoms with Crippen molar-refractivity contribution < 1.29 is 18.1 Å². The molecule has 1 heterocycles. The Bertz CT molecular complexity index is 679. The van der Waals surface area contributed by atoms with Crippen molar-refractivity contribution in [2.75, 3.05) is 24.2 Å². The molecule has 1 fully saturated rings. The summed E-state index contributed by atoms with van der Waals surface area (Å²) in [6, 6.07) is 5.61. The van der Waals surface area contributed by atoms with Crippen molar-refractivity contribution >= 4 is 27.3 Å². The average molecular weight is 341 g/mol. The van der Waals surface area contributed by atoms with E-state index in [9.17, 15) is 23.3 Å². The lowest BCUT2D eigenvalue weighted by Crippen LogP contribution is -2.42. The standard InChI is InChI=1S/C14H19N3O5S/c1-2-23(21,22)16-9-7-11(8-10-16)14(18)15-12-3-5-13(6-4-12)17(19)20/h3-6,11H,2,7-10H2,1H3,(H,15,18). The molecule has 126 valence electrons. The molecular weight excluding hydrogens is 322 g/mol. The van der Waals surface area contributed by atoms with Gasteiger partial charge in [0.1, 0.15) is 0 Å². The number of hydrogen-bond acceptors (Lipinski definition) is 5. The van der Waals surface area contributed by atoms with Gasteiger partial charge in [0.05, 0.1) is 10.7 Å². The zero-order chi connectivity index (χ0) is 17.0. The highest BCUT2D eigenvalue weighted by Gasteiger charge is 2.30. The molecule has 1 aromatic rings. The Morgan fingerprint density at radius 2 is 1.87 bits per heavy atom. The maximum absolute atomic E-state index is 12.2. The van der Waals surface area contributed by atoms with Gasteiger partial charge in [-0.3, -0.25) is 14.9 Å². The number of benzene rings is 1. The number of anilines is 1. The van der Waals surface area contributed by atoms with Crippen LogP contribution in [0, 0.1) is 16.0 Å². The van der Waals surface area contributed by atoms with Gasteiger partial charge in [-0.15, -0.1) is 0 Å². The van der Waals surface area contributed by atoms with Crippen LogP contribution >= 0.6 is 0 Å². The fourth-order valence-corrected chi connectivity index (χ4v) is 3.62. The molecule has 0 unspecified atom stereocenters. The highest BCUT2D eigenvalue weighted by Crippen LogP contribution is 2.22. The van der Waals surface area contributed by atoms with Crippen LogP contribution in [0.15, 0.2) is 24.3 Å². The zero-order valence-electron chi connectivity index (χ0n) is 12.8. The van der Waals surface area contributed by atoms with E-state index in [1.807, 2.05) is 0 Å². The van der Waals surface area contributed by atoms with Gasteiger partial charge in [-0.1, -0.05) is 0 Å². The molecule has 1 N–H and O–H groups in total. The van der Waals surface area contributed by atoms with E-state index >= 15 is 0 Å². The summed E-state index contributed by atoms with van der Waals surface area (Å²) in [4.78, 5) is 22.3. The lowest BCUT2D eigenvalue weighted by atomic mass is 9.97. The second-order valence-corrected chi connectivity index (χ2v) is 7.62. The van der Waals surface area contributed by atoms with Gasteiger partial charge in [-0.25, -0.2) is 12.7 Å². The first kappa shape index (κ1) is 17.4. The molecule has 0 spiro atoms. The van der Waals surface area contributed by atoms with E-state index in [-0.39, 0.29) is 23.3 Å². The molecule has 2 rings (SSSR count). The molecule has 0 saturated carbocycles. The number of rotatable bonds is 5. The maximum atomic E-state index is 12.2. The predicted molar refractivity (Wildman–Crippen MR) is 85.5 cm³/mol. The van der Waals surface area contributed by atoms with Crippen LogP contribution in [0.3, 0.4) is 0 Å². The normalized spacial score (nSPS) is 16.9. The largest absolute Gasteiger partial charge is 0.326 e. The highest BCUT2D eigenvalue weighted by atomic mass is 32.2. The molecule has 1 amide bonds. The van der Waals surface area contributed by atoms with Crippen molar-refractivity contribution in [3.63, 3.8) is 0 Å². The third-order valence-electron chi connectivity index (χ3n) is 3.93. The van der Waals surface area contributed by atoms with Gasteiger partial charge < -0.3 is 5.32 Å². The SMILES string of the molecule is CCS(=O)(=O)N1CCC(C(=O)Nc2ccc([N+](=O)[O-])cc2)CC1. The van der Waals surface area contributed by atoms with Crippen molar-refractivity contribution in [2.24, 2.45) is 5.92 Å². The van der Waals surface area contributed by atoms with Gasteiger partial charge in [0.25, 0.3) is 5.69 Å². The Kier molecular flexibility index (Phi) is 5.32. The lowest BCUT2D eigenvalue weighted by Gasteiger charge is -2.30. The van der Waals surface area contributed by atoms with Crippen LogP contribution in [0.25, 0.3) is 0 Å². The Hall–Kier alpha value is -2.00. The van der Waals surface area contributed by atoms with Gasteiger partial charge in [0.2, 0.25) is 15.9 Å². The molecule has 0 radical (unpaired) electrons. The Morgan fingerprint density at radius 3 is 2.35 bits per heavy atom. The summed E-state index contributed by atoms with van der Waals surface area (Å²) >= 11 is 0. The fraction of sp³-hybridized carbons (Fsp3) is 0.500. The monoisotopic (exact) mass is 341 g/mol. The summed E-state index contributed by atoms with van der Waals surface area (Å²) in [5.41, 5.74) is 0.449. The number of nitrogens with one attached hydrogen (secondary N) is 1. The quantitative estimate of drug-likeness (QED) is 0.646. The van der Waals surface area contributed by atoms with Crippen LogP contribution < -0.4 is 5.32 Å². The summed E-state index contributed by atoms with van der Waals surface area (Å²) < 4.78 is 25.0. The second-order valence-electron chi connectivity index (χ2n) is 5.37. The number of hydrogen-bond donors (Lipinski definition) is 1. The van der Waals surface area contributed by atoms with Gasteiger partial charge in [0.15, 0.2) is 0 Å². The third-order valence-corrected chi connectivity index (χ3v) is 5.81. The van der Waals surface area contributed by atoms with Crippen LogP contribution in [0.4, 0.5) is 11.4 Å². The van der Waals surface area contributed by atoms with E-state index in [0.29, 0.717) is 31.6 Å². The van der Waals surface area contributed by atoms with Gasteiger partial charge >= 0.3 is 0 Å². The molecular formula is C14H19N3O5S. The molecule has 8 nitrogen and oxygen atoms in total. The van der Waals surface area contributed by atoms with E-state index in [1.54, 1.807) is 6.92 Å². The van der Waals surface area contributed by atoms with Gasteiger partial charge in [-0.05, 0) is 31.9 Å². The first-order valence-corrected chi connectivity index (χ1v) is 8.97. The van der Waals surface area contributed by atoms with Crippen molar-refractivity contribution in [3.05, 3.63) is 34.4 Å². The third kappa shape index (κ3) is 4.26. The molecule has 1 aliphatic rings. The summed E-state index contributed by atoms with van der Waals surface area (Å²) in [5.74, 6) is -0.381. The fourth-order valence-electron chi connectivity index (χ4n) is 2.49. The second kappa shape index (κ2) is 7.05. The Balaban J connectivity index is 1.91. The van der Waals surface area contributed by atoms with Crippen molar-refractivity contribution in [1.82, 2.24) is 4.31 Å². The zero-order valence-corrected chi connectivity index (χ0v) is 13.6. The number of nitrogens with zero attached hydrogens (tertiary/aromatic N) is 2.